The Labute approximate surface area is 109 Å². The number of carbonyl (C=O) groups is 1. The molecule has 0 saturated carbocycles. The molecule has 0 atom stereocenters. The van der Waals surface area contributed by atoms with Gasteiger partial charge >= 0.3 is 0 Å². The highest BCUT2D eigenvalue weighted by Gasteiger charge is 2.16. The van der Waals surface area contributed by atoms with Crippen LogP contribution in [-0.4, -0.2) is 34.9 Å². The fourth-order valence-corrected chi connectivity index (χ4v) is 1.85. The van der Waals surface area contributed by atoms with Gasteiger partial charge in [-0.15, -0.1) is 0 Å². The van der Waals surface area contributed by atoms with Crippen LogP contribution in [0.2, 0.25) is 0 Å². The second-order valence-electron chi connectivity index (χ2n) is 5.39. The number of aromatic hydroxyl groups is 1. The minimum Gasteiger partial charge on any atom is -0.508 e. The van der Waals surface area contributed by atoms with Crippen LogP contribution in [-0.2, 0) is 0 Å². The van der Waals surface area contributed by atoms with E-state index < -0.39 is 0 Å². The number of phenols is 1. The van der Waals surface area contributed by atoms with Crippen LogP contribution in [0.1, 0.15) is 38.1 Å². The number of ketones is 1. The second kappa shape index (κ2) is 6.55. The first-order valence-electron chi connectivity index (χ1n) is 6.46. The number of hydrogen-bond donors (Lipinski definition) is 1. The molecule has 0 bridgehead atoms. The first-order valence-corrected chi connectivity index (χ1v) is 6.46. The Morgan fingerprint density at radius 2 is 1.72 bits per heavy atom. The number of Topliss-reactive ketones (excluding diaryl/α,β-unsaturated/α-hetero) is 1. The van der Waals surface area contributed by atoms with E-state index in [0.29, 0.717) is 24.1 Å². The van der Waals surface area contributed by atoms with E-state index in [2.05, 4.69) is 32.6 Å². The van der Waals surface area contributed by atoms with Gasteiger partial charge in [0, 0.05) is 18.2 Å². The third kappa shape index (κ3) is 4.49. The van der Waals surface area contributed by atoms with Crippen molar-refractivity contribution in [3.05, 3.63) is 29.8 Å². The summed E-state index contributed by atoms with van der Waals surface area (Å²) in [4.78, 5) is 14.3. The summed E-state index contributed by atoms with van der Waals surface area (Å²) in [5, 5.41) is 9.21. The summed E-state index contributed by atoms with van der Waals surface area (Å²) in [5.41, 5.74) is 0.655. The molecule has 0 aliphatic rings. The predicted octanol–water partition coefficient (Wildman–Crippen LogP) is 2.94. The first kappa shape index (κ1) is 14.7. The van der Waals surface area contributed by atoms with Crippen molar-refractivity contribution in [2.45, 2.75) is 33.7 Å². The van der Waals surface area contributed by atoms with Crippen molar-refractivity contribution in [3.8, 4) is 5.75 Å². The summed E-state index contributed by atoms with van der Waals surface area (Å²) < 4.78 is 0. The van der Waals surface area contributed by atoms with Crippen LogP contribution in [0.15, 0.2) is 24.3 Å². The zero-order valence-corrected chi connectivity index (χ0v) is 11.7. The highest BCUT2D eigenvalue weighted by molar-refractivity contribution is 5.97. The number of benzene rings is 1. The lowest BCUT2D eigenvalue weighted by molar-refractivity contribution is 0.0893. The molecule has 0 aliphatic carbocycles. The van der Waals surface area contributed by atoms with Gasteiger partial charge in [-0.3, -0.25) is 9.69 Å². The third-order valence-corrected chi connectivity index (χ3v) is 2.87. The van der Waals surface area contributed by atoms with E-state index in [0.717, 1.165) is 6.54 Å². The van der Waals surface area contributed by atoms with E-state index in [1.54, 1.807) is 24.3 Å². The van der Waals surface area contributed by atoms with Crippen molar-refractivity contribution in [2.75, 3.05) is 13.1 Å². The van der Waals surface area contributed by atoms with Crippen LogP contribution in [0.5, 0.6) is 5.75 Å². The number of phenolic OH excluding ortho intramolecular Hbond substituents is 1. The maximum atomic E-state index is 12.1. The number of hydrogen-bond acceptors (Lipinski definition) is 3. The van der Waals surface area contributed by atoms with Crippen LogP contribution in [0.3, 0.4) is 0 Å². The molecule has 1 N–H and O–H groups in total. The topological polar surface area (TPSA) is 40.5 Å². The van der Waals surface area contributed by atoms with Gasteiger partial charge in [-0.2, -0.15) is 0 Å². The van der Waals surface area contributed by atoms with E-state index in [1.807, 2.05) is 0 Å². The molecule has 1 aromatic rings. The van der Waals surface area contributed by atoms with Gasteiger partial charge in [0.2, 0.25) is 0 Å². The molecule has 0 aromatic heterocycles. The summed E-state index contributed by atoms with van der Waals surface area (Å²) in [6.07, 6.45) is 0. The van der Waals surface area contributed by atoms with Crippen molar-refractivity contribution in [1.29, 1.82) is 0 Å². The zero-order valence-electron chi connectivity index (χ0n) is 11.7. The molecule has 100 valence electrons. The number of nitrogens with zero attached hydrogens (tertiary/aromatic N) is 1. The third-order valence-electron chi connectivity index (χ3n) is 2.87. The lowest BCUT2D eigenvalue weighted by Gasteiger charge is -2.27. The predicted molar refractivity (Wildman–Crippen MR) is 74.0 cm³/mol. The summed E-state index contributed by atoms with van der Waals surface area (Å²) in [7, 11) is 0. The molecule has 0 spiro atoms. The van der Waals surface area contributed by atoms with Crippen LogP contribution in [0.25, 0.3) is 0 Å². The Kier molecular flexibility index (Phi) is 5.35. The minimum absolute atomic E-state index is 0.101. The number of rotatable bonds is 6. The Hall–Kier alpha value is -1.35. The molecule has 0 heterocycles. The summed E-state index contributed by atoms with van der Waals surface area (Å²) >= 11 is 0. The van der Waals surface area contributed by atoms with Crippen molar-refractivity contribution < 1.29 is 9.90 Å². The fourth-order valence-electron chi connectivity index (χ4n) is 1.85. The van der Waals surface area contributed by atoms with Crippen molar-refractivity contribution in [2.24, 2.45) is 5.92 Å². The van der Waals surface area contributed by atoms with Crippen molar-refractivity contribution in [3.63, 3.8) is 0 Å². The van der Waals surface area contributed by atoms with E-state index in [9.17, 15) is 9.90 Å². The van der Waals surface area contributed by atoms with Crippen LogP contribution < -0.4 is 0 Å². The summed E-state index contributed by atoms with van der Waals surface area (Å²) in [5.74, 6) is 0.832. The normalized spacial score (nSPS) is 11.5. The molecule has 3 heteroatoms. The second-order valence-corrected chi connectivity index (χ2v) is 5.39. The quantitative estimate of drug-likeness (QED) is 0.788. The lowest BCUT2D eigenvalue weighted by atomic mass is 10.1. The van der Waals surface area contributed by atoms with Crippen LogP contribution in [0.4, 0.5) is 0 Å². The van der Waals surface area contributed by atoms with E-state index in [-0.39, 0.29) is 11.5 Å². The van der Waals surface area contributed by atoms with Gasteiger partial charge < -0.3 is 5.11 Å². The lowest BCUT2D eigenvalue weighted by Crippen LogP contribution is -2.38. The molecule has 0 fully saturated rings. The zero-order chi connectivity index (χ0) is 13.7. The van der Waals surface area contributed by atoms with Crippen LogP contribution in [0, 0.1) is 5.92 Å². The highest BCUT2D eigenvalue weighted by Crippen LogP contribution is 2.12. The SMILES string of the molecule is CC(C)CN(CC(=O)c1ccc(O)cc1)C(C)C. The molecule has 0 unspecified atom stereocenters. The Bertz CT molecular complexity index is 382. The van der Waals surface area contributed by atoms with Crippen molar-refractivity contribution >= 4 is 5.78 Å². The van der Waals surface area contributed by atoms with E-state index in [4.69, 9.17) is 0 Å². The molecule has 0 aliphatic heterocycles. The molecular weight excluding hydrogens is 226 g/mol. The molecule has 18 heavy (non-hydrogen) atoms. The fraction of sp³-hybridized carbons (Fsp3) is 0.533. The standard InChI is InChI=1S/C15H23NO2/c1-11(2)9-16(12(3)4)10-15(18)13-5-7-14(17)8-6-13/h5-8,11-12,17H,9-10H2,1-4H3. The minimum atomic E-state index is 0.101. The van der Waals surface area contributed by atoms with E-state index >= 15 is 0 Å². The molecule has 0 amide bonds. The average molecular weight is 249 g/mol. The van der Waals surface area contributed by atoms with Crippen LogP contribution >= 0.6 is 0 Å². The van der Waals surface area contributed by atoms with Gasteiger partial charge in [-0.25, -0.2) is 0 Å². The monoisotopic (exact) mass is 249 g/mol. The molecule has 3 nitrogen and oxygen atoms in total. The van der Waals surface area contributed by atoms with Gasteiger partial charge in [0.05, 0.1) is 6.54 Å². The smallest absolute Gasteiger partial charge is 0.176 e. The summed E-state index contributed by atoms with van der Waals surface area (Å²) in [6, 6.07) is 6.80. The molecular formula is C15H23NO2. The maximum absolute atomic E-state index is 12.1. The van der Waals surface area contributed by atoms with Gasteiger partial charge in [0.25, 0.3) is 0 Å². The molecule has 1 aromatic carbocycles. The first-order chi connectivity index (χ1) is 8.40. The molecule has 0 radical (unpaired) electrons. The van der Waals surface area contributed by atoms with Gasteiger partial charge in [-0.1, -0.05) is 13.8 Å². The van der Waals surface area contributed by atoms with E-state index in [1.165, 1.54) is 0 Å². The van der Waals surface area contributed by atoms with Gasteiger partial charge in [-0.05, 0) is 44.0 Å². The molecule has 0 saturated heterocycles. The molecule has 1 rings (SSSR count). The van der Waals surface area contributed by atoms with Crippen molar-refractivity contribution in [1.82, 2.24) is 4.90 Å². The van der Waals surface area contributed by atoms with Gasteiger partial charge in [0.1, 0.15) is 5.75 Å². The Morgan fingerprint density at radius 3 is 2.17 bits per heavy atom. The number of carbonyl (C=O) groups excluding carboxylic acids is 1. The largest absolute Gasteiger partial charge is 0.508 e. The maximum Gasteiger partial charge on any atom is 0.176 e. The van der Waals surface area contributed by atoms with Gasteiger partial charge in [0.15, 0.2) is 5.78 Å². The summed E-state index contributed by atoms with van der Waals surface area (Å²) in [6.45, 7) is 9.86. The Morgan fingerprint density at radius 1 is 1.17 bits per heavy atom. The Balaban J connectivity index is 2.69. The average Bonchev–Trinajstić information content (AvgIpc) is 2.28. The highest BCUT2D eigenvalue weighted by atomic mass is 16.3.